The van der Waals surface area contributed by atoms with Crippen molar-refractivity contribution in [1.82, 2.24) is 4.90 Å². The summed E-state index contributed by atoms with van der Waals surface area (Å²) in [6.07, 6.45) is 1.64. The van der Waals surface area contributed by atoms with Gasteiger partial charge < -0.3 is 9.84 Å². The minimum Gasteiger partial charge on any atom is -0.505 e. The lowest BCUT2D eigenvalue weighted by Gasteiger charge is -2.12. The molecule has 0 bridgehead atoms. The van der Waals surface area contributed by atoms with E-state index in [2.05, 4.69) is 0 Å². The number of methoxy groups -OCH3 is 1. The predicted molar refractivity (Wildman–Crippen MR) is 89.9 cm³/mol. The van der Waals surface area contributed by atoms with E-state index >= 15 is 0 Å². The Balaban J connectivity index is 2.26. The van der Waals surface area contributed by atoms with Crippen LogP contribution in [0.25, 0.3) is 6.08 Å². The molecule has 21 heavy (non-hydrogen) atoms. The Kier molecular flexibility index (Phi) is 5.51. The average molecular weight is 364 g/mol. The molecule has 1 amide bonds. The highest BCUT2D eigenvalue weighted by molar-refractivity contribution is 8.26. The molecule has 1 N–H and O–H groups in total. The molecule has 1 aliphatic heterocycles. The molecule has 4 nitrogen and oxygen atoms in total. The maximum Gasteiger partial charge on any atom is 0.266 e. The second-order valence-electron chi connectivity index (χ2n) is 4.16. The molecule has 8 heteroatoms. The van der Waals surface area contributed by atoms with E-state index in [4.69, 9.17) is 40.2 Å². The van der Waals surface area contributed by atoms with Gasteiger partial charge in [-0.05, 0) is 23.8 Å². The molecule has 1 aromatic carbocycles. The Morgan fingerprint density at radius 3 is 2.62 bits per heavy atom. The van der Waals surface area contributed by atoms with Crippen LogP contribution in [-0.4, -0.2) is 40.5 Å². The molecule has 0 aromatic heterocycles. The Morgan fingerprint density at radius 2 is 2.05 bits per heavy atom. The summed E-state index contributed by atoms with van der Waals surface area (Å²) in [4.78, 5) is 14.2. The SMILES string of the molecule is COCCN1C(=O)C(=Cc2cc(Cl)c(O)c(Cl)c2)SC1=S. The summed E-state index contributed by atoms with van der Waals surface area (Å²) in [5.41, 5.74) is 0.620. The van der Waals surface area contributed by atoms with Gasteiger partial charge in [-0.25, -0.2) is 0 Å². The number of halogens is 2. The van der Waals surface area contributed by atoms with Crippen molar-refractivity contribution in [3.05, 3.63) is 32.6 Å². The molecule has 1 heterocycles. The first kappa shape index (κ1) is 16.6. The van der Waals surface area contributed by atoms with Crippen LogP contribution < -0.4 is 0 Å². The topological polar surface area (TPSA) is 49.8 Å². The van der Waals surface area contributed by atoms with Crippen molar-refractivity contribution in [2.24, 2.45) is 0 Å². The second-order valence-corrected chi connectivity index (χ2v) is 6.65. The van der Waals surface area contributed by atoms with Crippen LogP contribution in [0.4, 0.5) is 0 Å². The van der Waals surface area contributed by atoms with Crippen molar-refractivity contribution in [3.8, 4) is 5.75 Å². The van der Waals surface area contributed by atoms with Gasteiger partial charge in [-0.1, -0.05) is 47.2 Å². The summed E-state index contributed by atoms with van der Waals surface area (Å²) in [5, 5.41) is 9.78. The van der Waals surface area contributed by atoms with E-state index in [9.17, 15) is 9.90 Å². The summed E-state index contributed by atoms with van der Waals surface area (Å²) in [6, 6.07) is 3.06. The van der Waals surface area contributed by atoms with Gasteiger partial charge >= 0.3 is 0 Å². The minimum atomic E-state index is -0.178. The highest BCUT2D eigenvalue weighted by atomic mass is 35.5. The number of ether oxygens (including phenoxy) is 1. The van der Waals surface area contributed by atoms with Gasteiger partial charge in [0.1, 0.15) is 4.32 Å². The standard InChI is InChI=1S/C13H11Cl2NO3S2/c1-19-3-2-16-12(18)10(21-13(16)20)6-7-4-8(14)11(17)9(15)5-7/h4-6,17H,2-3H2,1H3. The number of thioether (sulfide) groups is 1. The summed E-state index contributed by atoms with van der Waals surface area (Å²) in [7, 11) is 1.56. The van der Waals surface area contributed by atoms with Gasteiger partial charge in [0, 0.05) is 7.11 Å². The van der Waals surface area contributed by atoms with E-state index in [0.29, 0.717) is 27.9 Å². The normalized spacial score (nSPS) is 17.1. The Labute approximate surface area is 141 Å². The Bertz CT molecular complexity index is 611. The first-order valence-corrected chi connectivity index (χ1v) is 7.84. The molecule has 1 saturated heterocycles. The van der Waals surface area contributed by atoms with Gasteiger partial charge in [0.2, 0.25) is 0 Å². The van der Waals surface area contributed by atoms with E-state index in [1.165, 1.54) is 28.8 Å². The van der Waals surface area contributed by atoms with Crippen LogP contribution in [0.1, 0.15) is 5.56 Å². The number of nitrogens with zero attached hydrogens (tertiary/aromatic N) is 1. The fraction of sp³-hybridized carbons (Fsp3) is 0.231. The molecular formula is C13H11Cl2NO3S2. The number of carbonyl (C=O) groups excluding carboxylic acids is 1. The third-order valence-electron chi connectivity index (χ3n) is 2.73. The van der Waals surface area contributed by atoms with Crippen molar-refractivity contribution >= 4 is 63.5 Å². The van der Waals surface area contributed by atoms with Gasteiger partial charge in [-0.2, -0.15) is 0 Å². The van der Waals surface area contributed by atoms with E-state index in [-0.39, 0.29) is 21.7 Å². The van der Waals surface area contributed by atoms with Crippen LogP contribution in [0.5, 0.6) is 5.75 Å². The number of benzene rings is 1. The highest BCUT2D eigenvalue weighted by Gasteiger charge is 2.31. The van der Waals surface area contributed by atoms with Gasteiger partial charge in [-0.15, -0.1) is 0 Å². The van der Waals surface area contributed by atoms with Crippen molar-refractivity contribution in [2.75, 3.05) is 20.3 Å². The zero-order valence-corrected chi connectivity index (χ0v) is 14.1. The fourth-order valence-corrected chi connectivity index (χ4v) is 3.51. The third kappa shape index (κ3) is 3.70. The molecule has 0 aliphatic carbocycles. The van der Waals surface area contributed by atoms with Crippen LogP contribution in [0.15, 0.2) is 17.0 Å². The van der Waals surface area contributed by atoms with Crippen LogP contribution in [-0.2, 0) is 9.53 Å². The number of carbonyl (C=O) groups is 1. The number of hydrogen-bond donors (Lipinski definition) is 1. The molecule has 0 radical (unpaired) electrons. The van der Waals surface area contributed by atoms with E-state index < -0.39 is 0 Å². The quantitative estimate of drug-likeness (QED) is 0.654. The molecule has 1 fully saturated rings. The molecule has 1 aromatic rings. The van der Waals surface area contributed by atoms with Crippen molar-refractivity contribution < 1.29 is 14.6 Å². The van der Waals surface area contributed by atoms with E-state index in [0.717, 1.165) is 0 Å². The maximum atomic E-state index is 12.2. The van der Waals surface area contributed by atoms with Gasteiger partial charge in [0.05, 0.1) is 28.1 Å². The second kappa shape index (κ2) is 6.98. The smallest absolute Gasteiger partial charge is 0.266 e. The summed E-state index contributed by atoms with van der Waals surface area (Å²) in [6.45, 7) is 0.826. The van der Waals surface area contributed by atoms with Crippen LogP contribution >= 0.6 is 47.2 Å². The average Bonchev–Trinajstić information content (AvgIpc) is 2.69. The number of thiocarbonyl (C=S) groups is 1. The zero-order chi connectivity index (χ0) is 15.6. The van der Waals surface area contributed by atoms with Gasteiger partial charge in [0.25, 0.3) is 5.91 Å². The maximum absolute atomic E-state index is 12.2. The monoisotopic (exact) mass is 363 g/mol. The number of hydrogen-bond acceptors (Lipinski definition) is 5. The highest BCUT2D eigenvalue weighted by Crippen LogP contribution is 2.36. The van der Waals surface area contributed by atoms with Crippen molar-refractivity contribution in [2.45, 2.75) is 0 Å². The fourth-order valence-electron chi connectivity index (χ4n) is 1.70. The summed E-state index contributed by atoms with van der Waals surface area (Å²) < 4.78 is 5.44. The molecular weight excluding hydrogens is 353 g/mol. The van der Waals surface area contributed by atoms with Crippen LogP contribution in [0.2, 0.25) is 10.0 Å². The van der Waals surface area contributed by atoms with Crippen molar-refractivity contribution in [3.63, 3.8) is 0 Å². The predicted octanol–water partition coefficient (Wildman–Crippen LogP) is 3.55. The van der Waals surface area contributed by atoms with E-state index in [1.807, 2.05) is 0 Å². The molecule has 112 valence electrons. The Hall–Kier alpha value is -0.790. The minimum absolute atomic E-state index is 0.128. The van der Waals surface area contributed by atoms with Crippen LogP contribution in [0.3, 0.4) is 0 Å². The number of amides is 1. The van der Waals surface area contributed by atoms with Gasteiger partial charge in [-0.3, -0.25) is 9.69 Å². The summed E-state index contributed by atoms with van der Waals surface area (Å²) >= 11 is 18.1. The number of rotatable bonds is 4. The number of phenols is 1. The van der Waals surface area contributed by atoms with Crippen LogP contribution in [0, 0.1) is 0 Å². The molecule has 0 atom stereocenters. The Morgan fingerprint density at radius 1 is 1.43 bits per heavy atom. The first-order chi connectivity index (χ1) is 9.93. The summed E-state index contributed by atoms with van der Waals surface area (Å²) in [5.74, 6) is -0.356. The molecule has 0 saturated carbocycles. The lowest BCUT2D eigenvalue weighted by atomic mass is 10.2. The number of aromatic hydroxyl groups is 1. The lowest BCUT2D eigenvalue weighted by Crippen LogP contribution is -2.31. The molecule has 0 unspecified atom stereocenters. The third-order valence-corrected chi connectivity index (χ3v) is 4.68. The first-order valence-electron chi connectivity index (χ1n) is 5.86. The molecule has 0 spiro atoms. The van der Waals surface area contributed by atoms with Gasteiger partial charge in [0.15, 0.2) is 5.75 Å². The zero-order valence-electron chi connectivity index (χ0n) is 10.9. The molecule has 2 rings (SSSR count). The lowest BCUT2D eigenvalue weighted by molar-refractivity contribution is -0.122. The molecule has 1 aliphatic rings. The number of phenolic OH excluding ortho intramolecular Hbond substituents is 1. The van der Waals surface area contributed by atoms with E-state index in [1.54, 1.807) is 13.2 Å². The van der Waals surface area contributed by atoms with Crippen molar-refractivity contribution in [1.29, 1.82) is 0 Å². The largest absolute Gasteiger partial charge is 0.505 e.